The maximum Gasteiger partial charge on any atom is 0.311 e. The first-order chi connectivity index (χ1) is 15.5. The third kappa shape index (κ3) is 6.70. The van der Waals surface area contributed by atoms with Crippen molar-refractivity contribution in [1.29, 1.82) is 5.41 Å². The molecule has 1 aliphatic heterocycles. The molecule has 34 heavy (non-hydrogen) atoms. The van der Waals surface area contributed by atoms with Gasteiger partial charge < -0.3 is 26.4 Å². The number of amidine groups is 1. The van der Waals surface area contributed by atoms with Crippen LogP contribution in [0.15, 0.2) is 60.7 Å². The van der Waals surface area contributed by atoms with Crippen LogP contribution in [-0.4, -0.2) is 42.1 Å². The Hall–Kier alpha value is -3.13. The first kappa shape index (κ1) is 27.1. The lowest BCUT2D eigenvalue weighted by molar-refractivity contribution is -0.138. The molecule has 1 heterocycles. The summed E-state index contributed by atoms with van der Waals surface area (Å²) in [6.07, 6.45) is 2.63. The van der Waals surface area contributed by atoms with Gasteiger partial charge in [-0.1, -0.05) is 42.5 Å². The molecule has 4 rings (SSSR count). The molecule has 0 spiro atoms. The topological polar surface area (TPSA) is 140 Å². The molecule has 8 heteroatoms. The fraction of sp³-hybridized carbons (Fsp3) is 0.308. The normalized spacial score (nSPS) is 14.5. The van der Waals surface area contributed by atoms with E-state index in [4.69, 9.17) is 15.9 Å². The fourth-order valence-corrected chi connectivity index (χ4v) is 4.23. The Labute approximate surface area is 205 Å². The van der Waals surface area contributed by atoms with Gasteiger partial charge in [-0.15, -0.1) is 12.4 Å². The van der Waals surface area contributed by atoms with E-state index in [9.17, 15) is 9.90 Å². The van der Waals surface area contributed by atoms with Crippen LogP contribution in [0.2, 0.25) is 0 Å². The zero-order valence-electron chi connectivity index (χ0n) is 18.9. The smallest absolute Gasteiger partial charge is 0.311 e. The highest BCUT2D eigenvalue weighted by Crippen LogP contribution is 2.26. The van der Waals surface area contributed by atoms with Crippen molar-refractivity contribution in [2.75, 3.05) is 19.7 Å². The number of piperidine rings is 1. The van der Waals surface area contributed by atoms with Crippen molar-refractivity contribution in [3.05, 3.63) is 77.4 Å². The Morgan fingerprint density at radius 1 is 1.06 bits per heavy atom. The first-order valence-electron chi connectivity index (χ1n) is 11.0. The van der Waals surface area contributed by atoms with E-state index in [2.05, 4.69) is 5.32 Å². The molecule has 0 bridgehead atoms. The van der Waals surface area contributed by atoms with Gasteiger partial charge in [0, 0.05) is 5.56 Å². The van der Waals surface area contributed by atoms with Crippen LogP contribution >= 0.6 is 12.4 Å². The summed E-state index contributed by atoms with van der Waals surface area (Å²) in [5.74, 6) is -0.144. The summed E-state index contributed by atoms with van der Waals surface area (Å²) in [4.78, 5) is 12.0. The minimum Gasteiger partial charge on any atom is -0.493 e. The van der Waals surface area contributed by atoms with E-state index >= 15 is 0 Å². The zero-order valence-corrected chi connectivity index (χ0v) is 19.7. The highest BCUT2D eigenvalue weighted by molar-refractivity contribution is 5.99. The Kier molecular flexibility index (Phi) is 9.86. The number of hydrogen-bond acceptors (Lipinski definition) is 4. The molecule has 3 aromatic carbocycles. The Balaban J connectivity index is 0.00000204. The van der Waals surface area contributed by atoms with Crippen LogP contribution in [0, 0.1) is 11.3 Å². The molecule has 0 saturated carbocycles. The Morgan fingerprint density at radius 2 is 1.74 bits per heavy atom. The molecular formula is C26H32ClN3O4. The number of benzene rings is 3. The number of carboxylic acids is 1. The maximum absolute atomic E-state index is 12.0. The summed E-state index contributed by atoms with van der Waals surface area (Å²) in [7, 11) is 0. The molecule has 1 unspecified atom stereocenters. The van der Waals surface area contributed by atoms with E-state index in [1.165, 1.54) is 0 Å². The molecule has 1 aliphatic rings. The summed E-state index contributed by atoms with van der Waals surface area (Å²) < 4.78 is 5.93. The number of carbonyl (C=O) groups is 1. The lowest BCUT2D eigenvalue weighted by Gasteiger charge is -2.22. The monoisotopic (exact) mass is 485 g/mol. The third-order valence-electron chi connectivity index (χ3n) is 6.18. The van der Waals surface area contributed by atoms with Crippen LogP contribution < -0.4 is 15.8 Å². The highest BCUT2D eigenvalue weighted by Gasteiger charge is 2.21. The van der Waals surface area contributed by atoms with E-state index in [0.717, 1.165) is 53.6 Å². The summed E-state index contributed by atoms with van der Waals surface area (Å²) in [6, 6.07) is 19.0. The average molecular weight is 486 g/mol. The van der Waals surface area contributed by atoms with Crippen molar-refractivity contribution in [2.45, 2.75) is 25.2 Å². The quantitative estimate of drug-likeness (QED) is 0.285. The minimum absolute atomic E-state index is 0. The van der Waals surface area contributed by atoms with Gasteiger partial charge in [-0.2, -0.15) is 0 Å². The zero-order chi connectivity index (χ0) is 22.5. The Bertz CT molecular complexity index is 1110. The van der Waals surface area contributed by atoms with Crippen molar-refractivity contribution < 1.29 is 20.1 Å². The summed E-state index contributed by atoms with van der Waals surface area (Å²) in [5, 5.41) is 22.8. The first-order valence-corrected chi connectivity index (χ1v) is 11.0. The number of fused-ring (bicyclic) bond motifs is 1. The largest absolute Gasteiger partial charge is 0.493 e. The molecule has 0 radical (unpaired) electrons. The van der Waals surface area contributed by atoms with Crippen LogP contribution in [0.1, 0.15) is 35.4 Å². The molecule has 182 valence electrons. The van der Waals surface area contributed by atoms with Crippen LogP contribution in [-0.2, 0) is 11.2 Å². The molecule has 1 atom stereocenters. The number of nitrogens with two attached hydrogens (primary N) is 1. The molecular weight excluding hydrogens is 454 g/mol. The SMILES string of the molecule is Cl.N=C(N)c1ccc2ccc(CC(C(=O)O)c3ccc(OCC4CCNCC4)cc3)cc2c1.O. The summed E-state index contributed by atoms with van der Waals surface area (Å²) in [5.41, 5.74) is 7.95. The van der Waals surface area contributed by atoms with Gasteiger partial charge in [0.05, 0.1) is 12.5 Å². The van der Waals surface area contributed by atoms with Gasteiger partial charge in [-0.25, -0.2) is 0 Å². The number of nitrogen functional groups attached to an aromatic ring is 1. The molecule has 0 aromatic heterocycles. The van der Waals surface area contributed by atoms with Crippen molar-refractivity contribution >= 4 is 35.0 Å². The van der Waals surface area contributed by atoms with E-state index < -0.39 is 11.9 Å². The molecule has 0 amide bonds. The van der Waals surface area contributed by atoms with Crippen molar-refractivity contribution in [2.24, 2.45) is 11.7 Å². The lowest BCUT2D eigenvalue weighted by atomic mass is 9.91. The predicted octanol–water partition coefficient (Wildman–Crippen LogP) is 3.51. The number of hydrogen-bond donors (Lipinski definition) is 4. The van der Waals surface area contributed by atoms with Crippen molar-refractivity contribution in [1.82, 2.24) is 5.32 Å². The second kappa shape index (κ2) is 12.4. The standard InChI is InChI=1S/C26H29N3O3.ClH.H2O/c27-25(28)21-4-3-19-2-1-18(13-22(19)15-21)14-24(26(30)31)20-5-7-23(8-6-20)32-16-17-9-11-29-12-10-17;;/h1-8,13,15,17,24,29H,9-12,14,16H2,(H3,27,28)(H,30,31);1H;1H2. The summed E-state index contributed by atoms with van der Waals surface area (Å²) in [6.45, 7) is 2.78. The summed E-state index contributed by atoms with van der Waals surface area (Å²) >= 11 is 0. The minimum atomic E-state index is -0.856. The van der Waals surface area contributed by atoms with Gasteiger partial charge in [-0.3, -0.25) is 10.2 Å². The van der Waals surface area contributed by atoms with Gasteiger partial charge in [0.1, 0.15) is 11.6 Å². The van der Waals surface area contributed by atoms with Gasteiger partial charge in [0.15, 0.2) is 0 Å². The number of carboxylic acid groups (broad SMARTS) is 1. The van der Waals surface area contributed by atoms with E-state index in [1.807, 2.05) is 60.7 Å². The number of aliphatic carboxylic acids is 1. The van der Waals surface area contributed by atoms with Crippen LogP contribution in [0.4, 0.5) is 0 Å². The second-order valence-corrected chi connectivity index (χ2v) is 8.48. The van der Waals surface area contributed by atoms with Gasteiger partial charge in [0.2, 0.25) is 0 Å². The fourth-order valence-electron chi connectivity index (χ4n) is 4.23. The maximum atomic E-state index is 12.0. The van der Waals surface area contributed by atoms with Gasteiger partial charge in [-0.05, 0) is 78.4 Å². The molecule has 1 saturated heterocycles. The van der Waals surface area contributed by atoms with Crippen molar-refractivity contribution in [3.8, 4) is 5.75 Å². The number of nitrogens with one attached hydrogen (secondary N) is 2. The van der Waals surface area contributed by atoms with Crippen LogP contribution in [0.25, 0.3) is 10.8 Å². The van der Waals surface area contributed by atoms with E-state index in [-0.39, 0.29) is 23.7 Å². The highest BCUT2D eigenvalue weighted by atomic mass is 35.5. The third-order valence-corrected chi connectivity index (χ3v) is 6.18. The number of halogens is 1. The van der Waals surface area contributed by atoms with Crippen molar-refractivity contribution in [3.63, 3.8) is 0 Å². The number of ether oxygens (including phenoxy) is 1. The Morgan fingerprint density at radius 3 is 2.38 bits per heavy atom. The molecule has 3 aromatic rings. The van der Waals surface area contributed by atoms with E-state index in [1.54, 1.807) is 0 Å². The van der Waals surface area contributed by atoms with E-state index in [0.29, 0.717) is 24.5 Å². The average Bonchev–Trinajstić information content (AvgIpc) is 2.81. The second-order valence-electron chi connectivity index (χ2n) is 8.48. The number of rotatable bonds is 8. The molecule has 7 N–H and O–H groups in total. The van der Waals surface area contributed by atoms with Crippen LogP contribution in [0.5, 0.6) is 5.75 Å². The van der Waals surface area contributed by atoms with Crippen LogP contribution in [0.3, 0.4) is 0 Å². The predicted molar refractivity (Wildman–Crippen MR) is 137 cm³/mol. The molecule has 7 nitrogen and oxygen atoms in total. The molecule has 1 fully saturated rings. The molecule has 0 aliphatic carbocycles. The van der Waals surface area contributed by atoms with Gasteiger partial charge >= 0.3 is 5.97 Å². The lowest BCUT2D eigenvalue weighted by Crippen LogP contribution is -2.30. The van der Waals surface area contributed by atoms with Gasteiger partial charge in [0.25, 0.3) is 0 Å².